The lowest BCUT2D eigenvalue weighted by molar-refractivity contribution is 0.188. The first-order chi connectivity index (χ1) is 8.17. The number of pyridine rings is 1. The highest BCUT2D eigenvalue weighted by atomic mass is 35.5. The number of hydrogen-bond donors (Lipinski definition) is 1. The van der Waals surface area contributed by atoms with E-state index < -0.39 is 0 Å². The normalized spacial score (nSPS) is 11.1. The average Bonchev–Trinajstić information content (AvgIpc) is 2.29. The summed E-state index contributed by atoms with van der Waals surface area (Å²) in [5.41, 5.74) is 0.945. The second-order valence-electron chi connectivity index (χ2n) is 3.95. The van der Waals surface area contributed by atoms with Gasteiger partial charge < -0.3 is 5.11 Å². The van der Waals surface area contributed by atoms with Crippen LogP contribution < -0.4 is 0 Å². The molecule has 0 spiro atoms. The Labute approximate surface area is 112 Å². The van der Waals surface area contributed by atoms with E-state index in [1.54, 1.807) is 12.3 Å². The molecule has 0 unspecified atom stereocenters. The Balaban J connectivity index is 2.64. The van der Waals surface area contributed by atoms with E-state index in [4.69, 9.17) is 28.3 Å². The van der Waals surface area contributed by atoms with Crippen molar-refractivity contribution in [2.75, 3.05) is 19.7 Å². The minimum atomic E-state index is 0.155. The number of aromatic nitrogens is 1. The molecule has 0 aliphatic rings. The van der Waals surface area contributed by atoms with Crippen LogP contribution in [0, 0.1) is 0 Å². The predicted molar refractivity (Wildman–Crippen MR) is 71.5 cm³/mol. The highest BCUT2D eigenvalue weighted by Gasteiger charge is 2.08. The molecule has 0 saturated heterocycles. The zero-order chi connectivity index (χ0) is 12.7. The van der Waals surface area contributed by atoms with Crippen LogP contribution in [0.2, 0.25) is 10.2 Å². The third-order valence-corrected chi connectivity index (χ3v) is 3.09. The van der Waals surface area contributed by atoms with Crippen LogP contribution in [0.1, 0.15) is 25.3 Å². The first kappa shape index (κ1) is 14.7. The van der Waals surface area contributed by atoms with Crippen molar-refractivity contribution in [1.82, 2.24) is 9.88 Å². The molecule has 5 heteroatoms. The summed E-state index contributed by atoms with van der Waals surface area (Å²) < 4.78 is 0. The topological polar surface area (TPSA) is 36.4 Å². The van der Waals surface area contributed by atoms with Crippen LogP contribution in [0.15, 0.2) is 12.3 Å². The minimum Gasteiger partial charge on any atom is -0.395 e. The van der Waals surface area contributed by atoms with Crippen LogP contribution >= 0.6 is 23.2 Å². The Morgan fingerprint density at radius 1 is 1.35 bits per heavy atom. The van der Waals surface area contributed by atoms with Crippen molar-refractivity contribution in [3.05, 3.63) is 28.0 Å². The smallest absolute Gasteiger partial charge is 0.130 e. The summed E-state index contributed by atoms with van der Waals surface area (Å²) in [6.45, 7) is 4.61. The summed E-state index contributed by atoms with van der Waals surface area (Å²) in [6, 6.07) is 1.65. The Morgan fingerprint density at radius 2 is 2.12 bits per heavy atom. The summed E-state index contributed by atoms with van der Waals surface area (Å²) in [6.07, 6.45) is 3.94. The SMILES string of the molecule is CCCCN(CCO)Cc1cnc(Cl)cc1Cl. The summed E-state index contributed by atoms with van der Waals surface area (Å²) in [4.78, 5) is 6.19. The molecule has 0 aliphatic heterocycles. The quantitative estimate of drug-likeness (QED) is 0.778. The molecule has 1 N–H and O–H groups in total. The van der Waals surface area contributed by atoms with Gasteiger partial charge in [0.15, 0.2) is 0 Å². The number of nitrogens with zero attached hydrogens (tertiary/aromatic N) is 2. The van der Waals surface area contributed by atoms with Crippen molar-refractivity contribution in [3.63, 3.8) is 0 Å². The molecule has 1 aromatic rings. The van der Waals surface area contributed by atoms with Gasteiger partial charge in [-0.25, -0.2) is 4.98 Å². The molecule has 1 aromatic heterocycles. The second-order valence-corrected chi connectivity index (χ2v) is 4.75. The molecule has 3 nitrogen and oxygen atoms in total. The maximum atomic E-state index is 9.02. The van der Waals surface area contributed by atoms with Gasteiger partial charge in [-0.2, -0.15) is 0 Å². The molecule has 0 amide bonds. The fourth-order valence-corrected chi connectivity index (χ4v) is 2.01. The van der Waals surface area contributed by atoms with Gasteiger partial charge in [0.05, 0.1) is 6.61 Å². The molecule has 0 fully saturated rings. The molecule has 0 aromatic carbocycles. The molecular formula is C12H18Cl2N2O. The first-order valence-corrected chi connectivity index (χ1v) is 6.56. The largest absolute Gasteiger partial charge is 0.395 e. The van der Waals surface area contributed by atoms with Crippen LogP contribution in [0.4, 0.5) is 0 Å². The number of unbranched alkanes of at least 4 members (excludes halogenated alkanes) is 1. The van der Waals surface area contributed by atoms with Gasteiger partial charge >= 0.3 is 0 Å². The van der Waals surface area contributed by atoms with Gasteiger partial charge in [-0.3, -0.25) is 4.90 Å². The molecule has 0 bridgehead atoms. The summed E-state index contributed by atoms with van der Waals surface area (Å²) in [7, 11) is 0. The van der Waals surface area contributed by atoms with E-state index in [0.717, 1.165) is 24.9 Å². The van der Waals surface area contributed by atoms with Gasteiger partial charge in [-0.15, -0.1) is 0 Å². The van der Waals surface area contributed by atoms with Gasteiger partial charge in [-0.1, -0.05) is 36.5 Å². The van der Waals surface area contributed by atoms with E-state index in [9.17, 15) is 0 Å². The van der Waals surface area contributed by atoms with Gasteiger partial charge in [0, 0.05) is 29.9 Å². The first-order valence-electron chi connectivity index (χ1n) is 5.80. The van der Waals surface area contributed by atoms with Crippen molar-refractivity contribution in [2.45, 2.75) is 26.3 Å². The average molecular weight is 277 g/mol. The van der Waals surface area contributed by atoms with Gasteiger partial charge in [0.2, 0.25) is 0 Å². The maximum Gasteiger partial charge on any atom is 0.130 e. The third-order valence-electron chi connectivity index (χ3n) is 2.53. The zero-order valence-corrected chi connectivity index (χ0v) is 11.5. The molecule has 0 saturated carbocycles. The highest BCUT2D eigenvalue weighted by molar-refractivity contribution is 6.34. The van der Waals surface area contributed by atoms with Crippen molar-refractivity contribution in [1.29, 1.82) is 0 Å². The Hall–Kier alpha value is -0.350. The standard InChI is InChI=1S/C12H18Cl2N2O/c1-2-3-4-16(5-6-17)9-10-8-15-12(14)7-11(10)13/h7-8,17H,2-6,9H2,1H3. The number of aliphatic hydroxyl groups is 1. The van der Waals surface area contributed by atoms with Crippen LogP contribution in [0.5, 0.6) is 0 Å². The van der Waals surface area contributed by atoms with E-state index in [1.807, 2.05) is 0 Å². The third kappa shape index (κ3) is 5.21. The van der Waals surface area contributed by atoms with Crippen molar-refractivity contribution >= 4 is 23.2 Å². The maximum absolute atomic E-state index is 9.02. The molecule has 0 atom stereocenters. The van der Waals surface area contributed by atoms with Crippen molar-refractivity contribution < 1.29 is 5.11 Å². The fraction of sp³-hybridized carbons (Fsp3) is 0.583. The molecule has 0 aliphatic carbocycles. The number of rotatable bonds is 7. The van der Waals surface area contributed by atoms with E-state index in [-0.39, 0.29) is 6.61 Å². The lowest BCUT2D eigenvalue weighted by Gasteiger charge is -2.21. The second kappa shape index (κ2) is 7.88. The van der Waals surface area contributed by atoms with Crippen LogP contribution in [-0.2, 0) is 6.54 Å². The summed E-state index contributed by atoms with van der Waals surface area (Å²) in [5.74, 6) is 0. The summed E-state index contributed by atoms with van der Waals surface area (Å²) in [5, 5.41) is 10.0. The van der Waals surface area contributed by atoms with Crippen molar-refractivity contribution in [2.24, 2.45) is 0 Å². The minimum absolute atomic E-state index is 0.155. The lowest BCUT2D eigenvalue weighted by Crippen LogP contribution is -2.27. The van der Waals surface area contributed by atoms with Crippen LogP contribution in [-0.4, -0.2) is 34.7 Å². The number of halogens is 2. The Morgan fingerprint density at radius 3 is 2.71 bits per heavy atom. The molecule has 17 heavy (non-hydrogen) atoms. The molecule has 0 radical (unpaired) electrons. The summed E-state index contributed by atoms with van der Waals surface area (Å²) >= 11 is 11.8. The Bertz CT molecular complexity index is 347. The van der Waals surface area contributed by atoms with E-state index >= 15 is 0 Å². The molecule has 1 rings (SSSR count). The van der Waals surface area contributed by atoms with Crippen LogP contribution in [0.25, 0.3) is 0 Å². The monoisotopic (exact) mass is 276 g/mol. The predicted octanol–water partition coefficient (Wildman–Crippen LogP) is 2.98. The van der Waals surface area contributed by atoms with E-state index in [0.29, 0.717) is 23.3 Å². The zero-order valence-electron chi connectivity index (χ0n) is 9.99. The fourth-order valence-electron chi connectivity index (χ4n) is 1.59. The van der Waals surface area contributed by atoms with E-state index in [1.165, 1.54) is 0 Å². The molecular weight excluding hydrogens is 259 g/mol. The van der Waals surface area contributed by atoms with E-state index in [2.05, 4.69) is 16.8 Å². The highest BCUT2D eigenvalue weighted by Crippen LogP contribution is 2.20. The van der Waals surface area contributed by atoms with Crippen LogP contribution in [0.3, 0.4) is 0 Å². The van der Waals surface area contributed by atoms with Crippen molar-refractivity contribution in [3.8, 4) is 0 Å². The van der Waals surface area contributed by atoms with Gasteiger partial charge in [0.1, 0.15) is 5.15 Å². The molecule has 1 heterocycles. The van der Waals surface area contributed by atoms with Gasteiger partial charge in [0.25, 0.3) is 0 Å². The lowest BCUT2D eigenvalue weighted by atomic mass is 10.2. The Kier molecular flexibility index (Phi) is 6.82. The number of hydrogen-bond acceptors (Lipinski definition) is 3. The van der Waals surface area contributed by atoms with Gasteiger partial charge in [-0.05, 0) is 19.0 Å². The number of aliphatic hydroxyl groups excluding tert-OH is 1. The molecule has 96 valence electrons.